The monoisotopic (exact) mass is 506 g/mol. The van der Waals surface area contributed by atoms with Gasteiger partial charge in [-0.15, -0.1) is 0 Å². The van der Waals surface area contributed by atoms with E-state index in [2.05, 4.69) is 10.6 Å². The van der Waals surface area contributed by atoms with Crippen LogP contribution in [0.1, 0.15) is 56.1 Å². The number of halogens is 2. The van der Waals surface area contributed by atoms with Crippen LogP contribution in [0, 0.1) is 11.6 Å². The highest BCUT2D eigenvalue weighted by Gasteiger charge is 2.46. The third kappa shape index (κ3) is 4.95. The highest BCUT2D eigenvalue weighted by Crippen LogP contribution is 2.40. The van der Waals surface area contributed by atoms with Gasteiger partial charge in [-0.3, -0.25) is 20.2 Å². The number of nitrogens with one attached hydrogen (secondary N) is 2. The summed E-state index contributed by atoms with van der Waals surface area (Å²) in [7, 11) is 0. The van der Waals surface area contributed by atoms with E-state index in [1.54, 1.807) is 24.3 Å². The zero-order valence-electron chi connectivity index (χ0n) is 20.3. The van der Waals surface area contributed by atoms with Gasteiger partial charge in [0, 0.05) is 24.9 Å². The van der Waals surface area contributed by atoms with Crippen molar-refractivity contribution in [1.82, 2.24) is 10.6 Å². The molecule has 0 aromatic heterocycles. The summed E-state index contributed by atoms with van der Waals surface area (Å²) >= 11 is 0. The molecule has 6 rings (SSSR count). The molecule has 4 heterocycles. The molecular weight excluding hydrogens is 478 g/mol. The van der Waals surface area contributed by atoms with Crippen LogP contribution in [-0.4, -0.2) is 35.5 Å². The number of hydrogen-bond acceptors (Lipinski definition) is 6. The smallest absolute Gasteiger partial charge is 0.319 e. The fourth-order valence-corrected chi connectivity index (χ4v) is 6.05. The van der Waals surface area contributed by atoms with E-state index in [1.165, 1.54) is 24.3 Å². The molecule has 8 heteroatoms. The normalized spacial score (nSPS) is 29.9. The number of rotatable bonds is 6. The Kier molecular flexibility index (Phi) is 5.96. The third-order valence-corrected chi connectivity index (χ3v) is 7.68. The molecule has 192 valence electrons. The average molecular weight is 507 g/mol. The Bertz CT molecular complexity index is 1190. The lowest BCUT2D eigenvalue weighted by Crippen LogP contribution is -2.49. The third-order valence-electron chi connectivity index (χ3n) is 7.68. The van der Waals surface area contributed by atoms with E-state index >= 15 is 0 Å². The number of benzene rings is 2. The van der Waals surface area contributed by atoms with Crippen LogP contribution in [0.2, 0.25) is 0 Å². The van der Waals surface area contributed by atoms with Gasteiger partial charge in [0.15, 0.2) is 11.4 Å². The molecule has 6 nitrogen and oxygen atoms in total. The van der Waals surface area contributed by atoms with E-state index in [4.69, 9.17) is 9.47 Å². The van der Waals surface area contributed by atoms with Gasteiger partial charge in [0.1, 0.15) is 18.1 Å². The molecule has 2 fully saturated rings. The van der Waals surface area contributed by atoms with Crippen LogP contribution in [0.15, 0.2) is 60.7 Å². The quantitative estimate of drug-likeness (QED) is 0.440. The minimum Gasteiger partial charge on any atom is -0.440 e. The Hall–Kier alpha value is -3.36. The molecule has 4 unspecified atom stereocenters. The highest BCUT2D eigenvalue weighted by atomic mass is 19.1. The summed E-state index contributed by atoms with van der Waals surface area (Å²) in [6.45, 7) is 0. The Morgan fingerprint density at radius 1 is 0.730 bits per heavy atom. The fourth-order valence-electron chi connectivity index (χ4n) is 6.05. The Morgan fingerprint density at radius 3 is 1.54 bits per heavy atom. The largest absolute Gasteiger partial charge is 0.440 e. The van der Waals surface area contributed by atoms with Crippen molar-refractivity contribution in [3.8, 4) is 0 Å². The van der Waals surface area contributed by atoms with E-state index in [0.29, 0.717) is 12.8 Å². The number of carbonyl (C=O) groups excluding carboxylic acids is 2. The van der Waals surface area contributed by atoms with Crippen molar-refractivity contribution in [2.75, 3.05) is 0 Å². The van der Waals surface area contributed by atoms with Gasteiger partial charge >= 0.3 is 11.9 Å². The summed E-state index contributed by atoms with van der Waals surface area (Å²) in [5.41, 5.74) is 1.77. The van der Waals surface area contributed by atoms with Gasteiger partial charge in [-0.1, -0.05) is 24.3 Å². The number of carbonyl (C=O) groups is 2. The highest BCUT2D eigenvalue weighted by molar-refractivity contribution is 5.92. The molecule has 2 aromatic rings. The molecule has 4 atom stereocenters. The van der Waals surface area contributed by atoms with Gasteiger partial charge in [0.05, 0.1) is 0 Å². The molecule has 0 amide bonds. The van der Waals surface area contributed by atoms with Crippen LogP contribution in [0.4, 0.5) is 8.78 Å². The maximum atomic E-state index is 13.4. The Labute approximate surface area is 213 Å². The van der Waals surface area contributed by atoms with Crippen LogP contribution in [-0.2, 0) is 19.1 Å². The number of ether oxygens (including phenoxy) is 2. The first-order valence-corrected chi connectivity index (χ1v) is 12.7. The van der Waals surface area contributed by atoms with Crippen LogP contribution < -0.4 is 10.6 Å². The molecule has 2 saturated heterocycles. The van der Waals surface area contributed by atoms with Gasteiger partial charge in [0.2, 0.25) is 0 Å². The molecule has 0 radical (unpaired) electrons. The first-order chi connectivity index (χ1) is 17.8. The number of hydrogen-bond donors (Lipinski definition) is 2. The summed E-state index contributed by atoms with van der Waals surface area (Å²) in [5, 5.41) is 6.72. The van der Waals surface area contributed by atoms with Crippen molar-refractivity contribution in [1.29, 1.82) is 0 Å². The topological polar surface area (TPSA) is 76.7 Å². The summed E-state index contributed by atoms with van der Waals surface area (Å²) in [6, 6.07) is 12.8. The lowest BCUT2D eigenvalue weighted by Gasteiger charge is -2.33. The minimum atomic E-state index is -0.987. The SMILES string of the molecule is O=C(CC(=O)OC12C=C(c3ccc(F)cc3)CC(CC1)N2)OC12C=C(c3ccc(F)cc3)CC(CC1)N2. The number of fused-ring (bicyclic) bond motifs is 4. The van der Waals surface area contributed by atoms with Gasteiger partial charge < -0.3 is 9.47 Å². The van der Waals surface area contributed by atoms with Crippen molar-refractivity contribution in [3.63, 3.8) is 0 Å². The molecule has 4 bridgehead atoms. The second-order valence-corrected chi connectivity index (χ2v) is 10.4. The van der Waals surface area contributed by atoms with Crippen LogP contribution in [0.5, 0.6) is 0 Å². The predicted molar refractivity (Wildman–Crippen MR) is 133 cm³/mol. The Balaban J connectivity index is 1.13. The lowest BCUT2D eigenvalue weighted by atomic mass is 9.95. The van der Waals surface area contributed by atoms with Gasteiger partial charge in [-0.2, -0.15) is 0 Å². The van der Waals surface area contributed by atoms with Crippen molar-refractivity contribution >= 4 is 23.1 Å². The summed E-state index contributed by atoms with van der Waals surface area (Å²) < 4.78 is 38.4. The first kappa shape index (κ1) is 24.0. The van der Waals surface area contributed by atoms with Crippen LogP contribution in [0.25, 0.3) is 11.1 Å². The summed E-state index contributed by atoms with van der Waals surface area (Å²) in [5.74, 6) is -1.94. The zero-order valence-corrected chi connectivity index (χ0v) is 20.3. The summed E-state index contributed by atoms with van der Waals surface area (Å²) in [6.07, 6.45) is 7.60. The predicted octanol–water partition coefficient (Wildman–Crippen LogP) is 4.61. The van der Waals surface area contributed by atoms with E-state index in [1.807, 2.05) is 12.2 Å². The first-order valence-electron chi connectivity index (χ1n) is 12.7. The van der Waals surface area contributed by atoms with Crippen molar-refractivity contribution in [2.24, 2.45) is 0 Å². The molecule has 2 N–H and O–H groups in total. The molecule has 4 aliphatic rings. The molecule has 0 saturated carbocycles. The van der Waals surface area contributed by atoms with E-state index in [0.717, 1.165) is 48.0 Å². The molecule has 4 aliphatic heterocycles. The number of esters is 2. The average Bonchev–Trinajstić information content (AvgIpc) is 3.32. The van der Waals surface area contributed by atoms with E-state index in [9.17, 15) is 18.4 Å². The minimum absolute atomic E-state index is 0.139. The maximum Gasteiger partial charge on any atom is 0.319 e. The fraction of sp³-hybridized carbons (Fsp3) is 0.379. The zero-order chi connectivity index (χ0) is 25.6. The van der Waals surface area contributed by atoms with Crippen LogP contribution in [0.3, 0.4) is 0 Å². The van der Waals surface area contributed by atoms with E-state index in [-0.39, 0.29) is 23.7 Å². The lowest BCUT2D eigenvalue weighted by molar-refractivity contribution is -0.168. The Morgan fingerprint density at radius 2 is 1.14 bits per heavy atom. The molecule has 0 aliphatic carbocycles. The molecular formula is C29H28F2N2O4. The molecule has 2 aromatic carbocycles. The summed E-state index contributed by atoms with van der Waals surface area (Å²) in [4.78, 5) is 25.7. The standard InChI is InChI=1S/C29H28F2N2O4/c30-22-5-1-18(2-6-22)20-13-24-9-11-28(16-20,32-24)36-26(34)15-27(35)37-29-12-10-25(33-29)14-21(17-29)19-3-7-23(31)8-4-19/h1-8,16-17,24-25,32-33H,9-15H2. The van der Waals surface area contributed by atoms with Crippen molar-refractivity contribution in [2.45, 2.75) is 68.5 Å². The second-order valence-electron chi connectivity index (χ2n) is 10.4. The molecule has 37 heavy (non-hydrogen) atoms. The van der Waals surface area contributed by atoms with Gasteiger partial charge in [0.25, 0.3) is 0 Å². The maximum absolute atomic E-state index is 13.4. The van der Waals surface area contributed by atoms with Crippen molar-refractivity contribution in [3.05, 3.63) is 83.4 Å². The molecule has 0 spiro atoms. The van der Waals surface area contributed by atoms with E-state index < -0.39 is 29.8 Å². The van der Waals surface area contributed by atoms with Gasteiger partial charge in [-0.05, 0) is 84.4 Å². The van der Waals surface area contributed by atoms with Gasteiger partial charge in [-0.25, -0.2) is 8.78 Å². The second kappa shape index (κ2) is 9.19. The van der Waals surface area contributed by atoms with Crippen LogP contribution >= 0.6 is 0 Å². The van der Waals surface area contributed by atoms with Crippen molar-refractivity contribution < 1.29 is 27.8 Å².